The van der Waals surface area contributed by atoms with Crippen LogP contribution in [0.2, 0.25) is 0 Å². The van der Waals surface area contributed by atoms with Crippen LogP contribution in [0.25, 0.3) is 0 Å². The number of piperidine rings is 1. The van der Waals surface area contributed by atoms with Crippen molar-refractivity contribution in [2.75, 3.05) is 34.1 Å². The number of nitrogens with zero attached hydrogens (tertiary/aromatic N) is 1. The molecule has 5 aliphatic carbocycles. The normalized spacial score (nSPS) is 61.6. The number of carbonyl (C=O) groups is 1. The molecule has 13 unspecified atom stereocenters. The van der Waals surface area contributed by atoms with Crippen molar-refractivity contribution in [2.24, 2.45) is 28.6 Å². The average Bonchev–Trinajstić information content (AvgIpc) is 3.38. The molecule has 2 aliphatic heterocycles. The minimum absolute atomic E-state index is 0.0311. The molecule has 9 nitrogen and oxygen atoms in total. The summed E-state index contributed by atoms with van der Waals surface area (Å²) in [5.41, 5.74) is -4.76. The van der Waals surface area contributed by atoms with Crippen LogP contribution in [0.1, 0.15) is 46.5 Å². The standard InChI is InChI=1S/C26H39NO8/c1-6-27-11-22(3)8-7-17(31-4)24-15-9-14-16(29)10-23(18(15)19(14)32-5)25(20(24)27,34-12-33-23)21(26(22,24)30)35-13(2)28/h14-21,29-30H,6-12H2,1-5H3. The SMILES string of the molecule is CCN1CC2(C)CCC(OC)C34C5CC6C(O)CC7(OCOC7(C13)C(OC(C)=O)C24O)C5C6OC. The highest BCUT2D eigenvalue weighted by Gasteiger charge is 2.98. The van der Waals surface area contributed by atoms with Crippen LogP contribution in [0.5, 0.6) is 0 Å². The maximum Gasteiger partial charge on any atom is 0.303 e. The summed E-state index contributed by atoms with van der Waals surface area (Å²) in [6, 6.07) is -0.280. The van der Waals surface area contributed by atoms with Crippen molar-refractivity contribution in [1.29, 1.82) is 0 Å². The van der Waals surface area contributed by atoms with Crippen LogP contribution < -0.4 is 0 Å². The second-order valence-electron chi connectivity index (χ2n) is 12.6. The number of ether oxygens (including phenoxy) is 5. The Morgan fingerprint density at radius 2 is 2.00 bits per heavy atom. The predicted octanol–water partition coefficient (Wildman–Crippen LogP) is 0.696. The summed E-state index contributed by atoms with van der Waals surface area (Å²) in [6.07, 6.45) is 0.609. The fourth-order valence-corrected chi connectivity index (χ4v) is 11.5. The van der Waals surface area contributed by atoms with E-state index in [1.807, 2.05) is 0 Å². The largest absolute Gasteiger partial charge is 0.456 e. The number of methoxy groups -OCH3 is 2. The minimum atomic E-state index is -1.38. The molecule has 0 amide bonds. The van der Waals surface area contributed by atoms with Crippen LogP contribution in [0.4, 0.5) is 0 Å². The Hall–Kier alpha value is -0.810. The average molecular weight is 494 g/mol. The Kier molecular flexibility index (Phi) is 4.52. The van der Waals surface area contributed by atoms with Crippen LogP contribution in [-0.2, 0) is 28.5 Å². The van der Waals surface area contributed by atoms with Gasteiger partial charge in [0.2, 0.25) is 0 Å². The van der Waals surface area contributed by atoms with Crippen LogP contribution in [0.15, 0.2) is 0 Å². The molecule has 7 fully saturated rings. The van der Waals surface area contributed by atoms with Gasteiger partial charge in [-0.2, -0.15) is 0 Å². The van der Waals surface area contributed by atoms with Gasteiger partial charge in [0.25, 0.3) is 0 Å². The summed E-state index contributed by atoms with van der Waals surface area (Å²) in [5.74, 6) is -0.644. The molecular formula is C26H39NO8. The highest BCUT2D eigenvalue weighted by atomic mass is 16.7. The predicted molar refractivity (Wildman–Crippen MR) is 121 cm³/mol. The van der Waals surface area contributed by atoms with Crippen molar-refractivity contribution in [1.82, 2.24) is 4.90 Å². The fraction of sp³-hybridized carbons (Fsp3) is 0.962. The van der Waals surface area contributed by atoms with Crippen LogP contribution in [0.3, 0.4) is 0 Å². The van der Waals surface area contributed by atoms with Gasteiger partial charge in [0.15, 0.2) is 11.7 Å². The first kappa shape index (κ1) is 23.3. The van der Waals surface area contributed by atoms with Crippen molar-refractivity contribution in [3.05, 3.63) is 0 Å². The molecule has 0 aromatic carbocycles. The lowest BCUT2D eigenvalue weighted by molar-refractivity contribution is -0.324. The molecule has 2 saturated heterocycles. The van der Waals surface area contributed by atoms with Crippen molar-refractivity contribution in [3.63, 3.8) is 0 Å². The molecule has 9 heteroatoms. The van der Waals surface area contributed by atoms with Gasteiger partial charge in [-0.3, -0.25) is 9.69 Å². The van der Waals surface area contributed by atoms with Gasteiger partial charge >= 0.3 is 5.97 Å². The van der Waals surface area contributed by atoms with Crippen molar-refractivity contribution in [3.8, 4) is 0 Å². The van der Waals surface area contributed by atoms with Crippen molar-refractivity contribution < 1.29 is 38.7 Å². The number of esters is 1. The number of rotatable bonds is 4. The summed E-state index contributed by atoms with van der Waals surface area (Å²) in [5, 5.41) is 24.8. The molecule has 2 N–H and O–H groups in total. The number of aliphatic hydroxyl groups excluding tert-OH is 1. The number of hydrogen-bond acceptors (Lipinski definition) is 9. The third-order valence-electron chi connectivity index (χ3n) is 12.0. The Morgan fingerprint density at radius 3 is 2.66 bits per heavy atom. The van der Waals surface area contributed by atoms with Gasteiger partial charge in [-0.05, 0) is 31.7 Å². The lowest BCUT2D eigenvalue weighted by Crippen LogP contribution is -2.83. The molecule has 7 aliphatic rings. The van der Waals surface area contributed by atoms with Crippen LogP contribution >= 0.6 is 0 Å². The summed E-state index contributed by atoms with van der Waals surface area (Å²) >= 11 is 0. The first-order chi connectivity index (χ1) is 16.6. The molecular weight excluding hydrogens is 454 g/mol. The Labute approximate surface area is 206 Å². The van der Waals surface area contributed by atoms with E-state index in [0.717, 1.165) is 19.4 Å². The van der Waals surface area contributed by atoms with Crippen molar-refractivity contribution in [2.45, 2.75) is 93.7 Å². The first-order valence-electron chi connectivity index (χ1n) is 13.3. The second-order valence-corrected chi connectivity index (χ2v) is 12.6. The zero-order valence-electron chi connectivity index (χ0n) is 21.4. The lowest BCUT2D eigenvalue weighted by atomic mass is 9.41. The van der Waals surface area contributed by atoms with Gasteiger partial charge in [-0.15, -0.1) is 0 Å². The third-order valence-corrected chi connectivity index (χ3v) is 12.0. The highest BCUT2D eigenvalue weighted by molar-refractivity contribution is 5.67. The Morgan fingerprint density at radius 1 is 1.23 bits per heavy atom. The number of likely N-dealkylation sites (N-methyl/N-ethyl adjacent to an activating group) is 1. The van der Waals surface area contributed by atoms with Gasteiger partial charge < -0.3 is 33.9 Å². The van der Waals surface area contributed by atoms with Gasteiger partial charge in [-0.1, -0.05) is 13.8 Å². The number of likely N-dealkylation sites (tertiary alicyclic amines) is 1. The number of aliphatic hydroxyl groups is 2. The number of carbonyl (C=O) groups excluding carboxylic acids is 1. The zero-order chi connectivity index (χ0) is 24.8. The van der Waals surface area contributed by atoms with E-state index in [1.165, 1.54) is 6.92 Å². The van der Waals surface area contributed by atoms with E-state index in [2.05, 4.69) is 18.7 Å². The quantitative estimate of drug-likeness (QED) is 0.547. The van der Waals surface area contributed by atoms with E-state index in [-0.39, 0.29) is 42.8 Å². The Bertz CT molecular complexity index is 964. The molecule has 13 atom stereocenters. The van der Waals surface area contributed by atoms with E-state index >= 15 is 0 Å². The fourth-order valence-electron chi connectivity index (χ4n) is 11.5. The second kappa shape index (κ2) is 6.79. The van der Waals surface area contributed by atoms with E-state index in [9.17, 15) is 15.0 Å². The maximum atomic E-state index is 13.4. The maximum absolute atomic E-state index is 13.4. The topological polar surface area (TPSA) is 107 Å². The molecule has 2 heterocycles. The van der Waals surface area contributed by atoms with Crippen molar-refractivity contribution >= 4 is 5.97 Å². The van der Waals surface area contributed by atoms with Crippen LogP contribution in [-0.4, -0.2) is 102 Å². The lowest BCUT2D eigenvalue weighted by Gasteiger charge is -2.71. The third kappa shape index (κ3) is 2.03. The molecule has 7 rings (SSSR count). The Balaban J connectivity index is 1.62. The molecule has 0 aromatic heterocycles. The summed E-state index contributed by atoms with van der Waals surface area (Å²) < 4.78 is 32.1. The summed E-state index contributed by atoms with van der Waals surface area (Å²) in [7, 11) is 3.44. The number of hydrogen-bond donors (Lipinski definition) is 2. The molecule has 196 valence electrons. The van der Waals surface area contributed by atoms with Gasteiger partial charge in [0, 0.05) is 51.4 Å². The number of fused-ring (bicyclic) bond motifs is 1. The molecule has 5 saturated carbocycles. The molecule has 35 heavy (non-hydrogen) atoms. The van der Waals surface area contributed by atoms with Gasteiger partial charge in [0.1, 0.15) is 18.0 Å². The van der Waals surface area contributed by atoms with E-state index in [0.29, 0.717) is 19.4 Å². The monoisotopic (exact) mass is 493 g/mol. The van der Waals surface area contributed by atoms with Gasteiger partial charge in [0.05, 0.1) is 29.8 Å². The first-order valence-corrected chi connectivity index (χ1v) is 13.3. The van der Waals surface area contributed by atoms with E-state index < -0.39 is 45.8 Å². The molecule has 7 bridgehead atoms. The highest BCUT2D eigenvalue weighted by Crippen LogP contribution is 2.83. The molecule has 0 radical (unpaired) electrons. The van der Waals surface area contributed by atoms with Gasteiger partial charge in [-0.25, -0.2) is 0 Å². The molecule has 0 aromatic rings. The smallest absolute Gasteiger partial charge is 0.303 e. The summed E-state index contributed by atoms with van der Waals surface area (Å²) in [6.45, 7) is 7.18. The summed E-state index contributed by atoms with van der Waals surface area (Å²) in [4.78, 5) is 15.2. The van der Waals surface area contributed by atoms with E-state index in [4.69, 9.17) is 23.7 Å². The van der Waals surface area contributed by atoms with E-state index in [1.54, 1.807) is 14.2 Å². The molecule has 3 spiro atoms. The van der Waals surface area contributed by atoms with Crippen LogP contribution in [0, 0.1) is 28.6 Å². The minimum Gasteiger partial charge on any atom is -0.456 e. The zero-order valence-corrected chi connectivity index (χ0v) is 21.4.